The number of hydrogen-bond acceptors (Lipinski definition) is 3. The van der Waals surface area contributed by atoms with Crippen molar-refractivity contribution in [1.29, 1.82) is 0 Å². The quantitative estimate of drug-likeness (QED) is 0.742. The lowest BCUT2D eigenvalue weighted by Gasteiger charge is -2.28. The maximum atomic E-state index is 12.0. The first-order valence-electron chi connectivity index (χ1n) is 7.04. The van der Waals surface area contributed by atoms with E-state index >= 15 is 0 Å². The molecule has 1 aromatic carbocycles. The highest BCUT2D eigenvalue weighted by Crippen LogP contribution is 2.19. The molecule has 0 radical (unpaired) electrons. The number of benzene rings is 1. The Balaban J connectivity index is 2.56. The lowest BCUT2D eigenvalue weighted by Crippen LogP contribution is -2.53. The molecule has 0 saturated heterocycles. The second-order valence-corrected chi connectivity index (χ2v) is 6.28. The van der Waals surface area contributed by atoms with E-state index in [9.17, 15) is 14.7 Å². The maximum absolute atomic E-state index is 12.0. The molecule has 0 aliphatic rings. The Bertz CT molecular complexity index is 480. The average Bonchev–Trinajstić information content (AvgIpc) is 2.41. The molecule has 0 saturated carbocycles. The van der Waals surface area contributed by atoms with E-state index in [0.29, 0.717) is 12.8 Å². The molecule has 0 aromatic heterocycles. The third-order valence-electron chi connectivity index (χ3n) is 3.32. The topological polar surface area (TPSA) is 92.4 Å². The first-order chi connectivity index (χ1) is 9.71. The number of aryl methyl sites for hydroxylation is 1. The average molecular weight is 292 g/mol. The summed E-state index contributed by atoms with van der Waals surface area (Å²) in [6.07, 6.45) is 1.16. The molecule has 5 nitrogen and oxygen atoms in total. The summed E-state index contributed by atoms with van der Waals surface area (Å²) in [5.41, 5.74) is 6.39. The Kier molecular flexibility index (Phi) is 5.90. The summed E-state index contributed by atoms with van der Waals surface area (Å²) in [6, 6.07) is 8.07. The first kappa shape index (κ1) is 17.2. The predicted molar refractivity (Wildman–Crippen MR) is 81.8 cm³/mol. The van der Waals surface area contributed by atoms with Gasteiger partial charge in [0.25, 0.3) is 0 Å². The van der Waals surface area contributed by atoms with Crippen molar-refractivity contribution in [2.75, 3.05) is 0 Å². The molecule has 0 fully saturated rings. The van der Waals surface area contributed by atoms with Crippen molar-refractivity contribution in [3.8, 4) is 0 Å². The van der Waals surface area contributed by atoms with Gasteiger partial charge in [0.15, 0.2) is 0 Å². The van der Waals surface area contributed by atoms with E-state index < -0.39 is 29.4 Å². The molecule has 1 unspecified atom stereocenters. The normalized spacial score (nSPS) is 14.3. The van der Waals surface area contributed by atoms with Crippen LogP contribution in [-0.2, 0) is 16.0 Å². The zero-order valence-electron chi connectivity index (χ0n) is 12.8. The minimum absolute atomic E-state index is 0.423. The number of nitrogens with one attached hydrogen (secondary N) is 1. The number of rotatable bonds is 6. The van der Waals surface area contributed by atoms with Crippen molar-refractivity contribution in [1.82, 2.24) is 5.32 Å². The summed E-state index contributed by atoms with van der Waals surface area (Å²) in [5.74, 6) is -1.47. The maximum Gasteiger partial charge on any atom is 0.326 e. The van der Waals surface area contributed by atoms with E-state index in [1.165, 1.54) is 0 Å². The van der Waals surface area contributed by atoms with Crippen LogP contribution < -0.4 is 11.1 Å². The largest absolute Gasteiger partial charge is 0.480 e. The molecule has 4 N–H and O–H groups in total. The number of carboxylic acids is 1. The van der Waals surface area contributed by atoms with E-state index in [2.05, 4.69) is 5.32 Å². The molecular formula is C16H24N2O3. The van der Waals surface area contributed by atoms with Gasteiger partial charge in [-0.05, 0) is 23.8 Å². The number of carboxylic acid groups (broad SMARTS) is 1. The molecule has 21 heavy (non-hydrogen) atoms. The number of aliphatic carboxylic acids is 1. The Hall–Kier alpha value is -1.88. The van der Waals surface area contributed by atoms with E-state index in [4.69, 9.17) is 5.73 Å². The highest BCUT2D eigenvalue weighted by molar-refractivity contribution is 5.87. The van der Waals surface area contributed by atoms with Crippen LogP contribution in [0.15, 0.2) is 30.3 Å². The zero-order chi connectivity index (χ0) is 16.0. The van der Waals surface area contributed by atoms with Crippen LogP contribution in [0.2, 0.25) is 0 Å². The van der Waals surface area contributed by atoms with Crippen LogP contribution in [0.25, 0.3) is 0 Å². The second kappa shape index (κ2) is 7.22. The Morgan fingerprint density at radius 1 is 1.24 bits per heavy atom. The molecule has 1 aromatic rings. The highest BCUT2D eigenvalue weighted by atomic mass is 16.4. The van der Waals surface area contributed by atoms with Gasteiger partial charge in [-0.25, -0.2) is 4.79 Å². The third-order valence-corrected chi connectivity index (χ3v) is 3.32. The van der Waals surface area contributed by atoms with Gasteiger partial charge in [-0.2, -0.15) is 0 Å². The van der Waals surface area contributed by atoms with E-state index in [1.54, 1.807) is 20.8 Å². The van der Waals surface area contributed by atoms with Gasteiger partial charge in [-0.1, -0.05) is 51.1 Å². The van der Waals surface area contributed by atoms with Crippen LogP contribution in [0.3, 0.4) is 0 Å². The molecule has 2 atom stereocenters. The third kappa shape index (κ3) is 5.55. The van der Waals surface area contributed by atoms with Gasteiger partial charge in [-0.15, -0.1) is 0 Å². The lowest BCUT2D eigenvalue weighted by molar-refractivity contribution is -0.145. The number of amides is 1. The van der Waals surface area contributed by atoms with Crippen LogP contribution >= 0.6 is 0 Å². The van der Waals surface area contributed by atoms with Crippen molar-refractivity contribution < 1.29 is 14.7 Å². The summed E-state index contributed by atoms with van der Waals surface area (Å²) in [6.45, 7) is 5.30. The Morgan fingerprint density at radius 3 is 2.29 bits per heavy atom. The van der Waals surface area contributed by atoms with Crippen molar-refractivity contribution in [3.63, 3.8) is 0 Å². The molecule has 5 heteroatoms. The Labute approximate surface area is 125 Å². The number of hydrogen-bond donors (Lipinski definition) is 3. The standard InChI is InChI=1S/C16H24N2O3/c1-16(2,3)13(15(20)21)18-14(19)12(17)10-9-11-7-5-4-6-8-11/h4-8,12-13H,9-10,17H2,1-3H3,(H,18,19)(H,20,21)/t12?,13-/m0/s1. The minimum atomic E-state index is -1.05. The zero-order valence-corrected chi connectivity index (χ0v) is 12.8. The van der Waals surface area contributed by atoms with Gasteiger partial charge < -0.3 is 16.2 Å². The molecule has 1 amide bonds. The molecule has 0 aliphatic carbocycles. The van der Waals surface area contributed by atoms with Gasteiger partial charge in [0, 0.05) is 0 Å². The van der Waals surface area contributed by atoms with Crippen LogP contribution in [0.5, 0.6) is 0 Å². The van der Waals surface area contributed by atoms with E-state index in [0.717, 1.165) is 5.56 Å². The fourth-order valence-electron chi connectivity index (χ4n) is 2.00. The second-order valence-electron chi connectivity index (χ2n) is 6.28. The number of carbonyl (C=O) groups excluding carboxylic acids is 1. The number of carbonyl (C=O) groups is 2. The first-order valence-corrected chi connectivity index (χ1v) is 7.04. The molecule has 0 spiro atoms. The van der Waals surface area contributed by atoms with Gasteiger partial charge in [0.1, 0.15) is 6.04 Å². The number of nitrogens with two attached hydrogens (primary N) is 1. The molecule has 0 heterocycles. The molecular weight excluding hydrogens is 268 g/mol. The summed E-state index contributed by atoms with van der Waals surface area (Å²) < 4.78 is 0. The summed E-state index contributed by atoms with van der Waals surface area (Å²) in [7, 11) is 0. The van der Waals surface area contributed by atoms with Crippen molar-refractivity contribution in [3.05, 3.63) is 35.9 Å². The van der Waals surface area contributed by atoms with Crippen molar-refractivity contribution in [2.24, 2.45) is 11.1 Å². The van der Waals surface area contributed by atoms with Crippen LogP contribution in [0.1, 0.15) is 32.8 Å². The summed E-state index contributed by atoms with van der Waals surface area (Å²) in [5, 5.41) is 11.7. The van der Waals surface area contributed by atoms with Crippen LogP contribution in [0.4, 0.5) is 0 Å². The fourth-order valence-corrected chi connectivity index (χ4v) is 2.00. The molecule has 116 valence electrons. The molecule has 0 bridgehead atoms. The Morgan fingerprint density at radius 2 is 1.81 bits per heavy atom. The predicted octanol–water partition coefficient (Wildman–Crippen LogP) is 1.56. The van der Waals surface area contributed by atoms with Crippen LogP contribution in [0, 0.1) is 5.41 Å². The van der Waals surface area contributed by atoms with Crippen molar-refractivity contribution >= 4 is 11.9 Å². The van der Waals surface area contributed by atoms with Gasteiger partial charge in [0.2, 0.25) is 5.91 Å². The minimum Gasteiger partial charge on any atom is -0.480 e. The smallest absolute Gasteiger partial charge is 0.326 e. The van der Waals surface area contributed by atoms with Crippen molar-refractivity contribution in [2.45, 2.75) is 45.7 Å². The lowest BCUT2D eigenvalue weighted by atomic mass is 9.86. The fraction of sp³-hybridized carbons (Fsp3) is 0.500. The van der Waals surface area contributed by atoms with Crippen LogP contribution in [-0.4, -0.2) is 29.1 Å². The summed E-state index contributed by atoms with van der Waals surface area (Å²) >= 11 is 0. The van der Waals surface area contributed by atoms with Gasteiger partial charge in [0.05, 0.1) is 6.04 Å². The van der Waals surface area contributed by atoms with E-state index in [-0.39, 0.29) is 0 Å². The van der Waals surface area contributed by atoms with E-state index in [1.807, 2.05) is 30.3 Å². The van der Waals surface area contributed by atoms with Gasteiger partial charge >= 0.3 is 5.97 Å². The monoisotopic (exact) mass is 292 g/mol. The molecule has 0 aliphatic heterocycles. The molecule has 1 rings (SSSR count). The SMILES string of the molecule is CC(C)(C)[C@@H](NC(=O)C(N)CCc1ccccc1)C(=O)O. The highest BCUT2D eigenvalue weighted by Gasteiger charge is 2.33. The van der Waals surface area contributed by atoms with Gasteiger partial charge in [-0.3, -0.25) is 4.79 Å². The summed E-state index contributed by atoms with van der Waals surface area (Å²) in [4.78, 5) is 23.3.